The van der Waals surface area contributed by atoms with Crippen LogP contribution in [0.15, 0.2) is 69.7 Å². The van der Waals surface area contributed by atoms with E-state index in [1.807, 2.05) is 36.4 Å². The predicted octanol–water partition coefficient (Wildman–Crippen LogP) is 1.37. The Morgan fingerprint density at radius 3 is 1.41 bits per heavy atom. The van der Waals surface area contributed by atoms with Gasteiger partial charge in [-0.05, 0) is 24.0 Å². The van der Waals surface area contributed by atoms with Gasteiger partial charge in [0.15, 0.2) is 0 Å². The fourth-order valence-electron chi connectivity index (χ4n) is 3.85. The molecule has 2 heterocycles. The highest BCUT2D eigenvalue weighted by Crippen LogP contribution is 2.03. The summed E-state index contributed by atoms with van der Waals surface area (Å²) >= 11 is 0. The van der Waals surface area contributed by atoms with Crippen molar-refractivity contribution in [1.82, 2.24) is 10.5 Å². The van der Waals surface area contributed by atoms with Crippen molar-refractivity contribution in [3.8, 4) is 0 Å². The summed E-state index contributed by atoms with van der Waals surface area (Å²) in [6.07, 6.45) is 4.78. The first-order valence-corrected chi connectivity index (χ1v) is 11.0. The highest BCUT2D eigenvalue weighted by Gasteiger charge is 2.18. The predicted molar refractivity (Wildman–Crippen MR) is 113 cm³/mol. The summed E-state index contributed by atoms with van der Waals surface area (Å²) in [5.74, 6) is 0. The number of nitrogens with one attached hydrogen (secondary N) is 2. The number of benzene rings is 2. The largest absolute Gasteiger partial charge is 0.487 e. The van der Waals surface area contributed by atoms with E-state index in [-0.39, 0.29) is 11.1 Å². The minimum atomic E-state index is 0.0725. The van der Waals surface area contributed by atoms with Crippen LogP contribution < -0.4 is 31.0 Å². The Morgan fingerprint density at radius 2 is 1.00 bits per heavy atom. The van der Waals surface area contributed by atoms with Gasteiger partial charge in [-0.25, -0.2) is 9.36 Å². The van der Waals surface area contributed by atoms with Crippen LogP contribution in [0.1, 0.15) is 35.4 Å². The lowest BCUT2D eigenvalue weighted by atomic mass is 10.1. The van der Waals surface area contributed by atoms with Crippen molar-refractivity contribution >= 4 is 0 Å². The van der Waals surface area contributed by atoms with Gasteiger partial charge in [0.1, 0.15) is 13.1 Å². The van der Waals surface area contributed by atoms with E-state index in [4.69, 9.17) is 19.9 Å². The van der Waals surface area contributed by atoms with Gasteiger partial charge in [0.2, 0.25) is 11.4 Å². The molecule has 166 valence electrons. The maximum absolute atomic E-state index is 8.09. The van der Waals surface area contributed by atoms with Crippen LogP contribution >= 0.6 is 0 Å². The molecule has 0 radical (unpaired) electrons. The van der Waals surface area contributed by atoms with Crippen molar-refractivity contribution in [1.29, 1.82) is 10.8 Å². The first-order valence-electron chi connectivity index (χ1n) is 11.0. The number of hydrogen-bond acceptors (Lipinski definition) is 4. The molecule has 0 spiro atoms. The molecule has 0 unspecified atom stereocenters. The van der Waals surface area contributed by atoms with Crippen molar-refractivity contribution in [3.05, 3.63) is 94.3 Å². The Morgan fingerprint density at radius 1 is 0.594 bits per heavy atom. The monoisotopic (exact) mass is 432 g/mol. The average molecular weight is 433 g/mol. The Kier molecular flexibility index (Phi) is 7.12. The van der Waals surface area contributed by atoms with Gasteiger partial charge in [-0.15, -0.1) is 0 Å². The van der Waals surface area contributed by atoms with Crippen LogP contribution in [0.3, 0.4) is 0 Å². The first-order chi connectivity index (χ1) is 15.7. The van der Waals surface area contributed by atoms with E-state index in [1.165, 1.54) is 11.1 Å². The number of rotatable bonds is 11. The quantitative estimate of drug-likeness (QED) is 0.349. The van der Waals surface area contributed by atoms with Crippen LogP contribution in [0, 0.1) is 10.8 Å². The van der Waals surface area contributed by atoms with E-state index < -0.39 is 0 Å². The molecule has 0 fully saturated rings. The molecule has 2 aromatic carbocycles. The molecule has 8 nitrogen and oxygen atoms in total. The van der Waals surface area contributed by atoms with E-state index in [1.54, 1.807) is 9.36 Å². The topological polar surface area (TPSA) is 110 Å². The van der Waals surface area contributed by atoms with Crippen LogP contribution in [-0.4, -0.2) is 0 Å². The third-order valence-corrected chi connectivity index (χ3v) is 5.56. The molecule has 0 aliphatic carbocycles. The minimum absolute atomic E-state index is 0.0725. The zero-order chi connectivity index (χ0) is 22.2. The van der Waals surface area contributed by atoms with Gasteiger partial charge in [-0.1, -0.05) is 60.7 Å². The number of nitrogens with zero attached hydrogens (tertiary/aromatic N) is 4. The molecule has 0 aliphatic heterocycles. The smallest absolute Gasteiger partial charge is 0.268 e. The van der Waals surface area contributed by atoms with Crippen molar-refractivity contribution in [2.45, 2.75) is 51.6 Å². The van der Waals surface area contributed by atoms with Gasteiger partial charge in [0.25, 0.3) is 11.1 Å². The number of aryl methyl sites for hydroxylation is 4. The molecule has 0 aliphatic rings. The van der Waals surface area contributed by atoms with E-state index in [2.05, 4.69) is 34.8 Å². The zero-order valence-electron chi connectivity index (χ0n) is 18.0. The minimum Gasteiger partial charge on any atom is -0.487 e. The summed E-state index contributed by atoms with van der Waals surface area (Å²) in [7, 11) is 0. The Labute approximate surface area is 186 Å². The maximum Gasteiger partial charge on any atom is 0.268 e. The lowest BCUT2D eigenvalue weighted by molar-refractivity contribution is -0.777. The van der Waals surface area contributed by atoms with Crippen molar-refractivity contribution in [2.24, 2.45) is 0 Å². The van der Waals surface area contributed by atoms with Crippen molar-refractivity contribution in [3.63, 3.8) is 0 Å². The second-order valence-corrected chi connectivity index (χ2v) is 7.82. The SMILES string of the molecule is N=c1o[n-][n+](CCCc2ccccc2)c1CCc1c(=N)o[n-][n+]1CCCc1ccccc1. The summed E-state index contributed by atoms with van der Waals surface area (Å²) in [4.78, 5) is 0. The summed E-state index contributed by atoms with van der Waals surface area (Å²) in [6, 6.07) is 20.6. The molecule has 0 amide bonds. The van der Waals surface area contributed by atoms with Gasteiger partial charge in [0.05, 0.1) is 0 Å². The van der Waals surface area contributed by atoms with Crippen LogP contribution in [0.2, 0.25) is 0 Å². The normalized spacial score (nSPS) is 11.1. The molecular weight excluding hydrogens is 404 g/mol. The highest BCUT2D eigenvalue weighted by atomic mass is 16.5. The molecular formula is C24H28N6O2. The standard InChI is InChI=1S/C24H28N6O2/c25-23-21(29(27-31-23)17-7-13-19-9-3-1-4-10-19)15-16-22-24(26)32-28-30(22)18-8-14-20-11-5-2-6-12-20/h1-6,9-12,25-26H,7-8,13-18H2. The van der Waals surface area contributed by atoms with Crippen LogP contribution in [0.5, 0.6) is 0 Å². The molecule has 32 heavy (non-hydrogen) atoms. The van der Waals surface area contributed by atoms with Gasteiger partial charge in [-0.3, -0.25) is 21.4 Å². The fraction of sp³-hybridized carbons (Fsp3) is 0.333. The van der Waals surface area contributed by atoms with Crippen molar-refractivity contribution in [2.75, 3.05) is 0 Å². The highest BCUT2D eigenvalue weighted by molar-refractivity contribution is 5.15. The van der Waals surface area contributed by atoms with E-state index in [0.717, 1.165) is 37.1 Å². The van der Waals surface area contributed by atoms with E-state index in [9.17, 15) is 0 Å². The van der Waals surface area contributed by atoms with Gasteiger partial charge in [-0.2, -0.15) is 0 Å². The van der Waals surface area contributed by atoms with Gasteiger partial charge < -0.3 is 9.05 Å². The van der Waals surface area contributed by atoms with Crippen LogP contribution in [0.25, 0.3) is 0 Å². The molecule has 0 bridgehead atoms. The Balaban J connectivity index is 1.34. The molecule has 0 atom stereocenters. The third-order valence-electron chi connectivity index (χ3n) is 5.56. The lowest BCUT2D eigenvalue weighted by Crippen LogP contribution is -2.45. The Bertz CT molecular complexity index is 1120. The maximum atomic E-state index is 8.09. The second-order valence-electron chi connectivity index (χ2n) is 7.82. The second kappa shape index (κ2) is 10.6. The van der Waals surface area contributed by atoms with E-state index >= 15 is 0 Å². The fourth-order valence-corrected chi connectivity index (χ4v) is 3.85. The lowest BCUT2D eigenvalue weighted by Gasteiger charge is -2.04. The van der Waals surface area contributed by atoms with Crippen molar-refractivity contribution < 1.29 is 18.4 Å². The van der Waals surface area contributed by atoms with Gasteiger partial charge in [0, 0.05) is 25.7 Å². The summed E-state index contributed by atoms with van der Waals surface area (Å²) in [5.41, 5.74) is 4.17. The molecule has 4 aromatic rings. The summed E-state index contributed by atoms with van der Waals surface area (Å²) in [6.45, 7) is 1.36. The number of hydrogen-bond donors (Lipinski definition) is 2. The first kappa shape index (κ1) is 21.5. The molecule has 2 N–H and O–H groups in total. The van der Waals surface area contributed by atoms with Crippen LogP contribution in [0.4, 0.5) is 0 Å². The van der Waals surface area contributed by atoms with E-state index in [0.29, 0.717) is 25.9 Å². The third kappa shape index (κ3) is 5.51. The summed E-state index contributed by atoms with van der Waals surface area (Å²) < 4.78 is 13.8. The van der Waals surface area contributed by atoms with Crippen LogP contribution in [-0.2, 0) is 38.8 Å². The average Bonchev–Trinajstić information content (AvgIpc) is 3.35. The molecule has 0 saturated heterocycles. The molecule has 0 saturated carbocycles. The van der Waals surface area contributed by atoms with Gasteiger partial charge >= 0.3 is 0 Å². The molecule has 8 heteroatoms. The number of aromatic nitrogens is 4. The summed E-state index contributed by atoms with van der Waals surface area (Å²) in [5, 5.41) is 24.3. The Hall–Kier alpha value is -3.68. The zero-order valence-corrected chi connectivity index (χ0v) is 18.0. The molecule has 2 aromatic heterocycles. The molecule has 4 rings (SSSR count).